The zero-order valence-corrected chi connectivity index (χ0v) is 17.1. The normalized spacial score (nSPS) is 11.1. The lowest BCUT2D eigenvalue weighted by Gasteiger charge is -2.25. The van der Waals surface area contributed by atoms with Crippen molar-refractivity contribution in [2.24, 2.45) is 0 Å². The number of benzene rings is 1. The zero-order valence-electron chi connectivity index (χ0n) is 17.1. The van der Waals surface area contributed by atoms with Gasteiger partial charge in [0.05, 0.1) is 5.56 Å². The molecule has 1 aromatic rings. The summed E-state index contributed by atoms with van der Waals surface area (Å²) < 4.78 is 13.1. The number of aldehydes is 1. The Labute approximate surface area is 153 Å². The van der Waals surface area contributed by atoms with Crippen LogP contribution in [0.4, 0.5) is 4.53 Å². The van der Waals surface area contributed by atoms with Crippen LogP contribution in [0.2, 0.25) is 0 Å². The summed E-state index contributed by atoms with van der Waals surface area (Å²) in [7, 11) is 0. The van der Waals surface area contributed by atoms with Gasteiger partial charge in [0, 0.05) is 16.6 Å². The van der Waals surface area contributed by atoms with Gasteiger partial charge in [-0.2, -0.15) is 0 Å². The third-order valence-electron chi connectivity index (χ3n) is 4.03. The van der Waals surface area contributed by atoms with Crippen molar-refractivity contribution in [3.05, 3.63) is 28.8 Å². The molecule has 0 radical (unpaired) electrons. The van der Waals surface area contributed by atoms with Gasteiger partial charge in [0.2, 0.25) is 0 Å². The maximum atomic E-state index is 13.1. The number of unbranched alkanes of at least 4 members (excludes halogenated alkanes) is 1. The SMILES string of the molecule is CC.CCCCN(CCC)Cc1cc(C(C)(C)C)cc(C=O)c1OF. The minimum atomic E-state index is -0.111. The predicted octanol–water partition coefficient (Wildman–Crippen LogP) is 6.10. The van der Waals surface area contributed by atoms with Gasteiger partial charge in [-0.1, -0.05) is 61.0 Å². The molecule has 0 aliphatic carbocycles. The Kier molecular flexibility index (Phi) is 11.3. The highest BCUT2D eigenvalue weighted by Gasteiger charge is 2.21. The monoisotopic (exact) mass is 353 g/mol. The van der Waals surface area contributed by atoms with E-state index in [2.05, 4.69) is 44.5 Å². The Morgan fingerprint density at radius 3 is 2.20 bits per heavy atom. The summed E-state index contributed by atoms with van der Waals surface area (Å²) in [4.78, 5) is 17.7. The van der Waals surface area contributed by atoms with E-state index in [0.717, 1.165) is 43.5 Å². The first-order chi connectivity index (χ1) is 11.9. The van der Waals surface area contributed by atoms with Crippen LogP contribution >= 0.6 is 0 Å². The summed E-state index contributed by atoms with van der Waals surface area (Å²) in [5.41, 5.74) is 1.93. The number of carbonyl (C=O) groups excluding carboxylic acids is 1. The second kappa shape index (κ2) is 12.0. The summed E-state index contributed by atoms with van der Waals surface area (Å²) in [6, 6.07) is 3.69. The highest BCUT2D eigenvalue weighted by molar-refractivity contribution is 5.81. The van der Waals surface area contributed by atoms with Gasteiger partial charge in [-0.3, -0.25) is 14.6 Å². The van der Waals surface area contributed by atoms with Crippen molar-refractivity contribution in [3.8, 4) is 5.75 Å². The van der Waals surface area contributed by atoms with Gasteiger partial charge in [-0.25, -0.2) is 0 Å². The smallest absolute Gasteiger partial charge is 0.186 e. The van der Waals surface area contributed by atoms with Gasteiger partial charge in [-0.15, -0.1) is 0 Å². The average Bonchev–Trinajstić information content (AvgIpc) is 2.60. The first-order valence-corrected chi connectivity index (χ1v) is 9.50. The quantitative estimate of drug-likeness (QED) is 0.502. The molecule has 0 atom stereocenters. The van der Waals surface area contributed by atoms with Crippen molar-refractivity contribution < 1.29 is 14.3 Å². The van der Waals surface area contributed by atoms with Crippen LogP contribution in [-0.4, -0.2) is 24.3 Å². The molecule has 0 aromatic heterocycles. The van der Waals surface area contributed by atoms with Crippen LogP contribution in [0.5, 0.6) is 5.75 Å². The molecule has 0 aliphatic rings. The van der Waals surface area contributed by atoms with E-state index in [-0.39, 0.29) is 16.7 Å². The van der Waals surface area contributed by atoms with E-state index in [9.17, 15) is 9.32 Å². The standard InChI is InChI=1S/C19H30FNO2.C2H6/c1-6-8-10-21(9-7-2)13-15-11-17(19(3,4)5)12-16(14-22)18(15)23-20;1-2/h11-12,14H,6-10,13H2,1-5H3;1-2H3. The third-order valence-corrected chi connectivity index (χ3v) is 4.03. The Morgan fingerprint density at radius 2 is 1.76 bits per heavy atom. The van der Waals surface area contributed by atoms with E-state index >= 15 is 0 Å². The Hall–Kier alpha value is -1.42. The molecule has 0 N–H and O–H groups in total. The van der Waals surface area contributed by atoms with Crippen LogP contribution in [-0.2, 0) is 12.0 Å². The molecule has 0 heterocycles. The molecular formula is C21H36FNO2. The van der Waals surface area contributed by atoms with Crippen molar-refractivity contribution in [1.82, 2.24) is 4.90 Å². The van der Waals surface area contributed by atoms with Crippen molar-refractivity contribution in [3.63, 3.8) is 0 Å². The molecule has 1 aromatic carbocycles. The number of carbonyl (C=O) groups is 1. The van der Waals surface area contributed by atoms with Crippen LogP contribution in [0.3, 0.4) is 0 Å². The predicted molar refractivity (Wildman–Crippen MR) is 104 cm³/mol. The van der Waals surface area contributed by atoms with Gasteiger partial charge >= 0.3 is 0 Å². The minimum Gasteiger partial charge on any atom is -0.299 e. The molecule has 0 saturated heterocycles. The van der Waals surface area contributed by atoms with Crippen molar-refractivity contribution in [2.45, 2.75) is 79.7 Å². The van der Waals surface area contributed by atoms with E-state index in [4.69, 9.17) is 0 Å². The van der Waals surface area contributed by atoms with Crippen LogP contribution in [0.1, 0.15) is 89.2 Å². The molecule has 0 amide bonds. The Bertz CT molecular complexity index is 509. The molecule has 25 heavy (non-hydrogen) atoms. The lowest BCUT2D eigenvalue weighted by Crippen LogP contribution is -2.26. The largest absolute Gasteiger partial charge is 0.299 e. The van der Waals surface area contributed by atoms with Gasteiger partial charge in [0.25, 0.3) is 0 Å². The average molecular weight is 354 g/mol. The summed E-state index contributed by atoms with van der Waals surface area (Å²) in [6.07, 6.45) is 3.93. The fraction of sp³-hybridized carbons (Fsp3) is 0.667. The fourth-order valence-electron chi connectivity index (χ4n) is 2.65. The Morgan fingerprint density at radius 1 is 1.12 bits per heavy atom. The van der Waals surface area contributed by atoms with E-state index in [1.807, 2.05) is 19.9 Å². The molecular weight excluding hydrogens is 317 g/mol. The summed E-state index contributed by atoms with van der Waals surface area (Å²) in [6.45, 7) is 17.0. The van der Waals surface area contributed by atoms with E-state index in [1.165, 1.54) is 0 Å². The zero-order chi connectivity index (χ0) is 19.5. The van der Waals surface area contributed by atoms with E-state index in [1.54, 1.807) is 6.07 Å². The maximum absolute atomic E-state index is 13.1. The number of nitrogens with zero attached hydrogens (tertiary/aromatic N) is 1. The lowest BCUT2D eigenvalue weighted by atomic mass is 9.84. The number of halogens is 1. The fourth-order valence-corrected chi connectivity index (χ4v) is 2.65. The topological polar surface area (TPSA) is 29.5 Å². The van der Waals surface area contributed by atoms with Crippen LogP contribution < -0.4 is 4.94 Å². The molecule has 144 valence electrons. The minimum absolute atomic E-state index is 0.0607. The molecule has 1 rings (SSSR count). The highest BCUT2D eigenvalue weighted by atomic mass is 19.3. The number of hydrogen-bond donors (Lipinski definition) is 0. The second-order valence-corrected chi connectivity index (χ2v) is 7.13. The molecule has 4 heteroatoms. The van der Waals surface area contributed by atoms with Crippen LogP contribution in [0.25, 0.3) is 0 Å². The summed E-state index contributed by atoms with van der Waals surface area (Å²) >= 11 is 0. The molecule has 0 spiro atoms. The van der Waals surface area contributed by atoms with Crippen molar-refractivity contribution in [2.75, 3.05) is 13.1 Å². The Balaban J connectivity index is 0.00000277. The first-order valence-electron chi connectivity index (χ1n) is 9.50. The highest BCUT2D eigenvalue weighted by Crippen LogP contribution is 2.32. The van der Waals surface area contributed by atoms with Crippen LogP contribution in [0.15, 0.2) is 12.1 Å². The lowest BCUT2D eigenvalue weighted by molar-refractivity contribution is -0.00879. The van der Waals surface area contributed by atoms with Crippen molar-refractivity contribution >= 4 is 6.29 Å². The molecule has 0 bridgehead atoms. The number of rotatable bonds is 9. The molecule has 0 aliphatic heterocycles. The van der Waals surface area contributed by atoms with Gasteiger partial charge in [-0.05, 0) is 43.0 Å². The van der Waals surface area contributed by atoms with Crippen molar-refractivity contribution in [1.29, 1.82) is 0 Å². The van der Waals surface area contributed by atoms with E-state index in [0.29, 0.717) is 12.8 Å². The van der Waals surface area contributed by atoms with Gasteiger partial charge < -0.3 is 0 Å². The van der Waals surface area contributed by atoms with Crippen LogP contribution in [0, 0.1) is 0 Å². The first kappa shape index (κ1) is 23.6. The summed E-state index contributed by atoms with van der Waals surface area (Å²) in [5, 5.41) is 0. The summed E-state index contributed by atoms with van der Waals surface area (Å²) in [5.74, 6) is 0.0607. The third kappa shape index (κ3) is 7.55. The number of hydrogen-bond acceptors (Lipinski definition) is 3. The van der Waals surface area contributed by atoms with Gasteiger partial charge in [0.15, 0.2) is 12.0 Å². The molecule has 0 saturated carbocycles. The van der Waals surface area contributed by atoms with Gasteiger partial charge in [0.1, 0.15) is 0 Å². The maximum Gasteiger partial charge on any atom is 0.186 e. The molecule has 0 fully saturated rings. The molecule has 0 unspecified atom stereocenters. The van der Waals surface area contributed by atoms with E-state index < -0.39 is 0 Å². The second-order valence-electron chi connectivity index (χ2n) is 7.13. The molecule has 3 nitrogen and oxygen atoms in total.